The molecule has 2 aromatic carbocycles. The molecule has 1 aliphatic heterocycles. The zero-order valence-electron chi connectivity index (χ0n) is 14.3. The molecule has 0 aliphatic carbocycles. The van der Waals surface area contributed by atoms with Crippen molar-refractivity contribution < 1.29 is 4.84 Å². The van der Waals surface area contributed by atoms with Crippen LogP contribution in [0, 0.1) is 0 Å². The van der Waals surface area contributed by atoms with Crippen molar-refractivity contribution in [2.75, 3.05) is 13.1 Å². The molecule has 1 heterocycles. The van der Waals surface area contributed by atoms with Crippen molar-refractivity contribution in [1.29, 1.82) is 0 Å². The first kappa shape index (κ1) is 16.2. The van der Waals surface area contributed by atoms with E-state index in [1.165, 1.54) is 41.5 Å². The molecule has 0 bridgehead atoms. The van der Waals surface area contributed by atoms with Crippen molar-refractivity contribution in [3.05, 3.63) is 59.7 Å². The van der Waals surface area contributed by atoms with Gasteiger partial charge in [0.2, 0.25) is 0 Å². The molecule has 2 aromatic rings. The Morgan fingerprint density at radius 2 is 1.74 bits per heavy atom. The van der Waals surface area contributed by atoms with Crippen LogP contribution in [0.3, 0.4) is 0 Å². The second-order valence-electron chi connectivity index (χ2n) is 6.71. The zero-order chi connectivity index (χ0) is 16.1. The third-order valence-electron chi connectivity index (χ3n) is 4.55. The van der Waals surface area contributed by atoms with E-state index in [2.05, 4.69) is 67.4 Å². The third-order valence-corrected chi connectivity index (χ3v) is 4.55. The first-order valence-electron chi connectivity index (χ1n) is 8.80. The molecular formula is C21H27NO. The molecule has 1 aliphatic rings. The first-order chi connectivity index (χ1) is 11.2. The summed E-state index contributed by atoms with van der Waals surface area (Å²) in [7, 11) is 0. The highest BCUT2D eigenvalue weighted by molar-refractivity contribution is 5.68. The van der Waals surface area contributed by atoms with E-state index in [-0.39, 0.29) is 0 Å². The molecular weight excluding hydrogens is 282 g/mol. The number of piperidine rings is 1. The van der Waals surface area contributed by atoms with Crippen molar-refractivity contribution in [2.24, 2.45) is 0 Å². The largest absolute Gasteiger partial charge is 0.294 e. The lowest BCUT2D eigenvalue weighted by atomic mass is 9.92. The molecule has 0 radical (unpaired) electrons. The van der Waals surface area contributed by atoms with Crippen molar-refractivity contribution >= 4 is 0 Å². The fourth-order valence-corrected chi connectivity index (χ4v) is 3.25. The molecule has 0 spiro atoms. The van der Waals surface area contributed by atoms with Gasteiger partial charge in [0.15, 0.2) is 0 Å². The summed E-state index contributed by atoms with van der Waals surface area (Å²) in [4.78, 5) is 5.97. The average molecular weight is 309 g/mol. The lowest BCUT2D eigenvalue weighted by Gasteiger charge is -2.25. The SMILES string of the molecule is CC(C)c1ccccc1-c1cccc(CON2CCCCC2)c1. The highest BCUT2D eigenvalue weighted by Gasteiger charge is 2.11. The van der Waals surface area contributed by atoms with Crippen molar-refractivity contribution in [3.63, 3.8) is 0 Å². The van der Waals surface area contributed by atoms with E-state index in [0.29, 0.717) is 12.5 Å². The second-order valence-corrected chi connectivity index (χ2v) is 6.71. The monoisotopic (exact) mass is 309 g/mol. The molecule has 2 heteroatoms. The topological polar surface area (TPSA) is 12.5 Å². The van der Waals surface area contributed by atoms with Gasteiger partial charge >= 0.3 is 0 Å². The van der Waals surface area contributed by atoms with E-state index >= 15 is 0 Å². The number of nitrogens with zero attached hydrogens (tertiary/aromatic N) is 1. The lowest BCUT2D eigenvalue weighted by molar-refractivity contribution is -0.178. The van der Waals surface area contributed by atoms with E-state index in [4.69, 9.17) is 4.84 Å². The summed E-state index contributed by atoms with van der Waals surface area (Å²) in [5.74, 6) is 0.527. The summed E-state index contributed by atoms with van der Waals surface area (Å²) in [6.45, 7) is 7.30. The summed E-state index contributed by atoms with van der Waals surface area (Å²) in [6.07, 6.45) is 3.84. The molecule has 0 unspecified atom stereocenters. The molecule has 122 valence electrons. The van der Waals surface area contributed by atoms with Crippen LogP contribution in [0.2, 0.25) is 0 Å². The number of benzene rings is 2. The van der Waals surface area contributed by atoms with Crippen LogP contribution in [-0.4, -0.2) is 18.2 Å². The smallest absolute Gasteiger partial charge is 0.0936 e. The van der Waals surface area contributed by atoms with Gasteiger partial charge in [-0.25, -0.2) is 0 Å². The molecule has 0 amide bonds. The van der Waals surface area contributed by atoms with Crippen LogP contribution in [0.25, 0.3) is 11.1 Å². The van der Waals surface area contributed by atoms with Gasteiger partial charge in [0, 0.05) is 13.1 Å². The Morgan fingerprint density at radius 1 is 0.957 bits per heavy atom. The van der Waals surface area contributed by atoms with Crippen LogP contribution in [0.15, 0.2) is 48.5 Å². The molecule has 1 saturated heterocycles. The van der Waals surface area contributed by atoms with Gasteiger partial charge in [0.25, 0.3) is 0 Å². The van der Waals surface area contributed by atoms with Crippen molar-refractivity contribution in [1.82, 2.24) is 5.06 Å². The highest BCUT2D eigenvalue weighted by atomic mass is 16.7. The maximum atomic E-state index is 5.97. The van der Waals surface area contributed by atoms with Crippen LogP contribution in [0.4, 0.5) is 0 Å². The Hall–Kier alpha value is -1.64. The summed E-state index contributed by atoms with van der Waals surface area (Å²) < 4.78 is 0. The molecule has 1 fully saturated rings. The van der Waals surface area contributed by atoms with Gasteiger partial charge < -0.3 is 0 Å². The van der Waals surface area contributed by atoms with Crippen LogP contribution in [0.1, 0.15) is 50.2 Å². The number of hydrogen-bond acceptors (Lipinski definition) is 2. The number of rotatable bonds is 5. The Kier molecular flexibility index (Phi) is 5.47. The van der Waals surface area contributed by atoms with E-state index in [0.717, 1.165) is 13.1 Å². The predicted octanol–water partition coefficient (Wildman–Crippen LogP) is 5.39. The summed E-state index contributed by atoms with van der Waals surface area (Å²) in [6, 6.07) is 17.5. The van der Waals surface area contributed by atoms with Crippen LogP contribution in [0.5, 0.6) is 0 Å². The van der Waals surface area contributed by atoms with E-state index in [1.54, 1.807) is 0 Å². The first-order valence-corrected chi connectivity index (χ1v) is 8.80. The van der Waals surface area contributed by atoms with E-state index in [1.807, 2.05) is 0 Å². The lowest BCUT2D eigenvalue weighted by Crippen LogP contribution is -2.29. The van der Waals surface area contributed by atoms with Crippen molar-refractivity contribution in [2.45, 2.75) is 45.6 Å². The summed E-state index contributed by atoms with van der Waals surface area (Å²) in [5.41, 5.74) is 5.27. The molecule has 0 saturated carbocycles. The van der Waals surface area contributed by atoms with Gasteiger partial charge in [-0.2, -0.15) is 5.06 Å². The van der Waals surface area contributed by atoms with Gasteiger partial charge in [-0.05, 0) is 47.1 Å². The standard InChI is InChI=1S/C21H27NO/c1-17(2)20-11-4-5-12-21(20)19-10-8-9-18(15-19)16-23-22-13-6-3-7-14-22/h4-5,8-12,15,17H,3,6-7,13-14,16H2,1-2H3. The second kappa shape index (κ2) is 7.76. The minimum atomic E-state index is 0.527. The number of hydrogen-bond donors (Lipinski definition) is 0. The van der Waals surface area contributed by atoms with Crippen LogP contribution < -0.4 is 0 Å². The summed E-state index contributed by atoms with van der Waals surface area (Å²) in [5, 5.41) is 2.12. The average Bonchev–Trinajstić information content (AvgIpc) is 2.61. The zero-order valence-corrected chi connectivity index (χ0v) is 14.3. The van der Waals surface area contributed by atoms with E-state index in [9.17, 15) is 0 Å². The number of hydroxylamine groups is 2. The minimum Gasteiger partial charge on any atom is -0.294 e. The Labute approximate surface area is 140 Å². The molecule has 0 atom stereocenters. The van der Waals surface area contributed by atoms with Crippen LogP contribution >= 0.6 is 0 Å². The third kappa shape index (κ3) is 4.21. The minimum absolute atomic E-state index is 0.527. The highest BCUT2D eigenvalue weighted by Crippen LogP contribution is 2.29. The Morgan fingerprint density at radius 3 is 2.52 bits per heavy atom. The molecule has 2 nitrogen and oxygen atoms in total. The Balaban J connectivity index is 1.75. The molecule has 3 rings (SSSR count). The van der Waals surface area contributed by atoms with E-state index < -0.39 is 0 Å². The Bertz CT molecular complexity index is 629. The van der Waals surface area contributed by atoms with Gasteiger partial charge in [0.1, 0.15) is 0 Å². The maximum absolute atomic E-state index is 5.97. The van der Waals surface area contributed by atoms with Crippen LogP contribution in [-0.2, 0) is 11.4 Å². The quantitative estimate of drug-likeness (QED) is 0.733. The molecule has 0 N–H and O–H groups in total. The summed E-state index contributed by atoms with van der Waals surface area (Å²) >= 11 is 0. The molecule has 23 heavy (non-hydrogen) atoms. The van der Waals surface area contributed by atoms with Gasteiger partial charge in [-0.3, -0.25) is 4.84 Å². The maximum Gasteiger partial charge on any atom is 0.0936 e. The normalized spacial score (nSPS) is 16.0. The van der Waals surface area contributed by atoms with Crippen molar-refractivity contribution in [3.8, 4) is 11.1 Å². The van der Waals surface area contributed by atoms with Gasteiger partial charge in [-0.15, -0.1) is 0 Å². The predicted molar refractivity (Wildman–Crippen MR) is 96.2 cm³/mol. The van der Waals surface area contributed by atoms with Gasteiger partial charge in [0.05, 0.1) is 6.61 Å². The fourth-order valence-electron chi connectivity index (χ4n) is 3.25. The fraction of sp³-hybridized carbons (Fsp3) is 0.429. The molecule has 0 aromatic heterocycles. The van der Waals surface area contributed by atoms with Gasteiger partial charge in [-0.1, -0.05) is 62.7 Å².